The van der Waals surface area contributed by atoms with Crippen LogP contribution in [-0.4, -0.2) is 35.7 Å². The first-order valence-corrected chi connectivity index (χ1v) is 6.60. The van der Waals surface area contributed by atoms with E-state index >= 15 is 0 Å². The minimum atomic E-state index is -1.14. The molecule has 2 unspecified atom stereocenters. The van der Waals surface area contributed by atoms with Gasteiger partial charge in [0, 0.05) is 19.6 Å². The second-order valence-electron chi connectivity index (χ2n) is 5.20. The number of carbonyl (C=O) groups excluding carboxylic acids is 1. The number of nitrogens with one attached hydrogen (secondary N) is 1. The van der Waals surface area contributed by atoms with Crippen molar-refractivity contribution < 1.29 is 19.4 Å². The summed E-state index contributed by atoms with van der Waals surface area (Å²) in [4.78, 5) is 23.0. The quantitative estimate of drug-likeness (QED) is 0.725. The van der Waals surface area contributed by atoms with Gasteiger partial charge in [-0.25, -0.2) is 4.79 Å². The predicted octanol–water partition coefficient (Wildman–Crippen LogP) is 1.56. The summed E-state index contributed by atoms with van der Waals surface area (Å²) in [6.07, 6.45) is 3.31. The first kappa shape index (κ1) is 15.0. The number of aliphatic carboxylic acids is 1. The van der Waals surface area contributed by atoms with Gasteiger partial charge >= 0.3 is 5.97 Å². The van der Waals surface area contributed by atoms with E-state index in [1.165, 1.54) is 0 Å². The monoisotopic (exact) mass is 257 g/mol. The number of carboxylic acid groups (broad SMARTS) is 1. The molecule has 18 heavy (non-hydrogen) atoms. The van der Waals surface area contributed by atoms with Crippen molar-refractivity contribution in [2.75, 3.05) is 13.2 Å². The standard InChI is InChI=1S/C13H23NO4/c1-3-7-13(2,12(16)17)14-11(15)5-4-10-6-8-18-9-10/h10H,3-9H2,1-2H3,(H,14,15)(H,16,17). The van der Waals surface area contributed by atoms with E-state index in [0.717, 1.165) is 32.5 Å². The molecule has 1 aliphatic heterocycles. The molecule has 0 aliphatic carbocycles. The van der Waals surface area contributed by atoms with Crippen LogP contribution in [0.25, 0.3) is 0 Å². The Balaban J connectivity index is 2.38. The highest BCUT2D eigenvalue weighted by molar-refractivity contribution is 5.86. The zero-order chi connectivity index (χ0) is 13.6. The van der Waals surface area contributed by atoms with Gasteiger partial charge in [0.1, 0.15) is 5.54 Å². The summed E-state index contributed by atoms with van der Waals surface area (Å²) >= 11 is 0. The van der Waals surface area contributed by atoms with Gasteiger partial charge in [0.25, 0.3) is 0 Å². The van der Waals surface area contributed by atoms with Crippen LogP contribution in [0.5, 0.6) is 0 Å². The van der Waals surface area contributed by atoms with Crippen LogP contribution in [-0.2, 0) is 14.3 Å². The lowest BCUT2D eigenvalue weighted by atomic mass is 9.95. The Labute approximate surface area is 108 Å². The van der Waals surface area contributed by atoms with Crippen molar-refractivity contribution in [3.8, 4) is 0 Å². The molecule has 5 heteroatoms. The third-order valence-electron chi connectivity index (χ3n) is 3.44. The van der Waals surface area contributed by atoms with E-state index in [9.17, 15) is 9.59 Å². The number of carbonyl (C=O) groups is 2. The molecule has 0 saturated carbocycles. The molecular formula is C13H23NO4. The number of carboxylic acids is 1. The summed E-state index contributed by atoms with van der Waals surface area (Å²) in [7, 11) is 0. The number of hydrogen-bond acceptors (Lipinski definition) is 3. The maximum atomic E-state index is 11.8. The molecule has 5 nitrogen and oxygen atoms in total. The Kier molecular flexibility index (Phi) is 5.59. The van der Waals surface area contributed by atoms with Crippen LogP contribution < -0.4 is 5.32 Å². The smallest absolute Gasteiger partial charge is 0.329 e. The van der Waals surface area contributed by atoms with E-state index in [-0.39, 0.29) is 5.91 Å². The molecule has 0 spiro atoms. The molecule has 0 aromatic carbocycles. The molecule has 0 bridgehead atoms. The summed E-state index contributed by atoms with van der Waals surface area (Å²) in [6, 6.07) is 0. The average molecular weight is 257 g/mol. The molecule has 0 radical (unpaired) electrons. The summed E-state index contributed by atoms with van der Waals surface area (Å²) in [5, 5.41) is 11.8. The van der Waals surface area contributed by atoms with Gasteiger partial charge in [0.2, 0.25) is 5.91 Å². The summed E-state index contributed by atoms with van der Waals surface area (Å²) < 4.78 is 5.24. The van der Waals surface area contributed by atoms with Crippen LogP contribution in [0.3, 0.4) is 0 Å². The van der Waals surface area contributed by atoms with Crippen LogP contribution in [0.15, 0.2) is 0 Å². The second-order valence-corrected chi connectivity index (χ2v) is 5.20. The van der Waals surface area contributed by atoms with Crippen LogP contribution in [0.4, 0.5) is 0 Å². The van der Waals surface area contributed by atoms with Crippen molar-refractivity contribution >= 4 is 11.9 Å². The van der Waals surface area contributed by atoms with Crippen molar-refractivity contribution in [1.29, 1.82) is 0 Å². The average Bonchev–Trinajstić information content (AvgIpc) is 2.79. The number of hydrogen-bond donors (Lipinski definition) is 2. The van der Waals surface area contributed by atoms with Gasteiger partial charge in [-0.3, -0.25) is 4.79 Å². The fourth-order valence-electron chi connectivity index (χ4n) is 2.24. The Morgan fingerprint density at radius 3 is 2.72 bits per heavy atom. The number of rotatable bonds is 7. The normalized spacial score (nSPS) is 22.4. The topological polar surface area (TPSA) is 75.6 Å². The lowest BCUT2D eigenvalue weighted by molar-refractivity contribution is -0.147. The maximum Gasteiger partial charge on any atom is 0.329 e. The number of amides is 1. The predicted molar refractivity (Wildman–Crippen MR) is 67.3 cm³/mol. The van der Waals surface area contributed by atoms with Gasteiger partial charge in [-0.15, -0.1) is 0 Å². The van der Waals surface area contributed by atoms with E-state index < -0.39 is 11.5 Å². The van der Waals surface area contributed by atoms with E-state index in [2.05, 4.69) is 5.32 Å². The van der Waals surface area contributed by atoms with Gasteiger partial charge in [-0.05, 0) is 32.1 Å². The third-order valence-corrected chi connectivity index (χ3v) is 3.44. The second kappa shape index (κ2) is 6.73. The van der Waals surface area contributed by atoms with Gasteiger partial charge < -0.3 is 15.2 Å². The first-order chi connectivity index (χ1) is 8.48. The van der Waals surface area contributed by atoms with Crippen molar-refractivity contribution in [3.63, 3.8) is 0 Å². The maximum absolute atomic E-state index is 11.8. The molecular weight excluding hydrogens is 234 g/mol. The molecule has 0 aromatic rings. The van der Waals surface area contributed by atoms with Crippen molar-refractivity contribution in [1.82, 2.24) is 5.32 Å². The highest BCUT2D eigenvalue weighted by Crippen LogP contribution is 2.19. The SMILES string of the molecule is CCCC(C)(NC(=O)CCC1CCOC1)C(=O)O. The lowest BCUT2D eigenvalue weighted by Gasteiger charge is -2.26. The minimum Gasteiger partial charge on any atom is -0.480 e. The van der Waals surface area contributed by atoms with E-state index in [1.807, 2.05) is 6.92 Å². The van der Waals surface area contributed by atoms with Crippen LogP contribution in [0.1, 0.15) is 46.0 Å². The van der Waals surface area contributed by atoms with Crippen LogP contribution >= 0.6 is 0 Å². The number of ether oxygens (including phenoxy) is 1. The van der Waals surface area contributed by atoms with E-state index in [1.54, 1.807) is 6.92 Å². The third kappa shape index (κ3) is 4.29. The van der Waals surface area contributed by atoms with Crippen molar-refractivity contribution in [2.24, 2.45) is 5.92 Å². The molecule has 0 aromatic heterocycles. The fraction of sp³-hybridized carbons (Fsp3) is 0.846. The Morgan fingerprint density at radius 1 is 1.50 bits per heavy atom. The van der Waals surface area contributed by atoms with Gasteiger partial charge in [0.05, 0.1) is 0 Å². The Bertz CT molecular complexity index is 299. The molecule has 104 valence electrons. The lowest BCUT2D eigenvalue weighted by Crippen LogP contribution is -2.52. The summed E-state index contributed by atoms with van der Waals surface area (Å²) in [6.45, 7) is 4.96. The van der Waals surface area contributed by atoms with Crippen molar-refractivity contribution in [2.45, 2.75) is 51.5 Å². The zero-order valence-corrected chi connectivity index (χ0v) is 11.2. The largest absolute Gasteiger partial charge is 0.480 e. The highest BCUT2D eigenvalue weighted by Gasteiger charge is 2.33. The molecule has 1 saturated heterocycles. The summed E-state index contributed by atoms with van der Waals surface area (Å²) in [5.41, 5.74) is -1.14. The minimum absolute atomic E-state index is 0.180. The van der Waals surface area contributed by atoms with Gasteiger partial charge in [-0.1, -0.05) is 13.3 Å². The van der Waals surface area contributed by atoms with E-state index in [0.29, 0.717) is 18.8 Å². The molecule has 1 aliphatic rings. The van der Waals surface area contributed by atoms with Gasteiger partial charge in [0.15, 0.2) is 0 Å². The van der Waals surface area contributed by atoms with Crippen LogP contribution in [0.2, 0.25) is 0 Å². The van der Waals surface area contributed by atoms with Gasteiger partial charge in [-0.2, -0.15) is 0 Å². The molecule has 2 N–H and O–H groups in total. The zero-order valence-electron chi connectivity index (χ0n) is 11.2. The molecule has 1 rings (SSSR count). The summed E-state index contributed by atoms with van der Waals surface area (Å²) in [5.74, 6) is -0.708. The molecule has 1 amide bonds. The fourth-order valence-corrected chi connectivity index (χ4v) is 2.24. The molecule has 2 atom stereocenters. The van der Waals surface area contributed by atoms with E-state index in [4.69, 9.17) is 9.84 Å². The Hall–Kier alpha value is -1.10. The molecule has 1 heterocycles. The molecule has 1 fully saturated rings. The highest BCUT2D eigenvalue weighted by atomic mass is 16.5. The van der Waals surface area contributed by atoms with Crippen LogP contribution in [0, 0.1) is 5.92 Å². The first-order valence-electron chi connectivity index (χ1n) is 6.60. The Morgan fingerprint density at radius 2 is 2.22 bits per heavy atom. The van der Waals surface area contributed by atoms with Crippen molar-refractivity contribution in [3.05, 3.63) is 0 Å².